The van der Waals surface area contributed by atoms with E-state index in [4.69, 9.17) is 0 Å². The molecule has 1 atom stereocenters. The fourth-order valence-electron chi connectivity index (χ4n) is 3.23. The Balaban J connectivity index is 2.00. The minimum atomic E-state index is 0.329. The van der Waals surface area contributed by atoms with Crippen LogP contribution in [0.25, 0.3) is 11.4 Å². The first-order chi connectivity index (χ1) is 10.5. The smallest absolute Gasteiger partial charge is 0.283 e. The molecule has 0 fully saturated rings. The third-order valence-electron chi connectivity index (χ3n) is 4.50. The van der Waals surface area contributed by atoms with Gasteiger partial charge in [0.25, 0.3) is 5.82 Å². The van der Waals surface area contributed by atoms with Crippen molar-refractivity contribution in [3.8, 4) is 11.4 Å². The maximum absolute atomic E-state index is 2.37. The molecule has 3 rings (SSSR count). The molecule has 0 unspecified atom stereocenters. The van der Waals surface area contributed by atoms with Gasteiger partial charge in [0.05, 0.1) is 12.7 Å². The van der Waals surface area contributed by atoms with E-state index in [1.807, 2.05) is 0 Å². The lowest BCUT2D eigenvalue weighted by atomic mass is 10.2. The summed E-state index contributed by atoms with van der Waals surface area (Å²) >= 11 is 0. The van der Waals surface area contributed by atoms with Gasteiger partial charge in [-0.2, -0.15) is 0 Å². The molecule has 22 heavy (non-hydrogen) atoms. The molecule has 4 nitrogen and oxygen atoms in total. The largest absolute Gasteiger partial charge is 0.348 e. The van der Waals surface area contributed by atoms with Crippen LogP contribution in [0.4, 0.5) is 5.82 Å². The Kier molecular flexibility index (Phi) is 3.69. The van der Waals surface area contributed by atoms with Crippen LogP contribution in [0.5, 0.6) is 0 Å². The zero-order valence-corrected chi connectivity index (χ0v) is 14.1. The van der Waals surface area contributed by atoms with Crippen LogP contribution in [0.3, 0.4) is 0 Å². The van der Waals surface area contributed by atoms with Gasteiger partial charge in [0, 0.05) is 31.6 Å². The van der Waals surface area contributed by atoms with Crippen LogP contribution in [0.2, 0.25) is 0 Å². The number of aromatic nitrogens is 2. The summed E-state index contributed by atoms with van der Waals surface area (Å²) in [4.78, 5) is 4.70. The molecular weight excluding hydrogens is 272 g/mol. The Hall–Kier alpha value is -2.23. The number of nitrogens with zero attached hydrogens (tertiary/aromatic N) is 4. The van der Waals surface area contributed by atoms with Gasteiger partial charge in [-0.1, -0.05) is 0 Å². The Morgan fingerprint density at radius 1 is 1.09 bits per heavy atom. The fraction of sp³-hybridized carbons (Fsp3) is 0.389. The summed E-state index contributed by atoms with van der Waals surface area (Å²) in [7, 11) is 4.22. The molecule has 2 aromatic rings. The van der Waals surface area contributed by atoms with Gasteiger partial charge < -0.3 is 9.47 Å². The lowest BCUT2D eigenvalue weighted by Crippen LogP contribution is -2.45. The van der Waals surface area contributed by atoms with Gasteiger partial charge >= 0.3 is 0 Å². The van der Waals surface area contributed by atoms with Crippen LogP contribution in [-0.4, -0.2) is 21.7 Å². The Labute approximate surface area is 132 Å². The van der Waals surface area contributed by atoms with Gasteiger partial charge in [0.1, 0.15) is 6.20 Å². The van der Waals surface area contributed by atoms with Crippen molar-refractivity contribution >= 4 is 5.82 Å². The maximum atomic E-state index is 2.37. The van der Waals surface area contributed by atoms with Crippen LogP contribution in [-0.2, 0) is 14.1 Å². The molecule has 0 N–H and O–H groups in total. The SMILES string of the molecule is CC(C)N1C=CN(c2cccc(-c3cccn3C)[n+]2C)[C@@H]1C. The van der Waals surface area contributed by atoms with E-state index in [0.717, 1.165) is 0 Å². The van der Waals surface area contributed by atoms with E-state index in [2.05, 4.69) is 103 Å². The topological polar surface area (TPSA) is 15.3 Å². The van der Waals surface area contributed by atoms with Crippen LogP contribution in [0.1, 0.15) is 20.8 Å². The molecule has 0 amide bonds. The van der Waals surface area contributed by atoms with E-state index >= 15 is 0 Å². The van der Waals surface area contributed by atoms with Crippen molar-refractivity contribution in [1.82, 2.24) is 9.47 Å². The molecule has 1 aliphatic heterocycles. The van der Waals surface area contributed by atoms with Gasteiger partial charge in [-0.25, -0.2) is 9.47 Å². The molecule has 0 spiro atoms. The van der Waals surface area contributed by atoms with E-state index in [9.17, 15) is 0 Å². The Morgan fingerprint density at radius 2 is 1.86 bits per heavy atom. The lowest BCUT2D eigenvalue weighted by molar-refractivity contribution is -0.647. The average molecular weight is 297 g/mol. The summed E-state index contributed by atoms with van der Waals surface area (Å²) in [6.07, 6.45) is 6.77. The molecule has 0 saturated carbocycles. The summed E-state index contributed by atoms with van der Waals surface area (Å²) < 4.78 is 4.42. The molecule has 0 radical (unpaired) electrons. The second kappa shape index (κ2) is 5.52. The third-order valence-corrected chi connectivity index (χ3v) is 4.50. The van der Waals surface area contributed by atoms with E-state index in [0.29, 0.717) is 12.2 Å². The number of hydrogen-bond acceptors (Lipinski definition) is 2. The van der Waals surface area contributed by atoms with Crippen LogP contribution < -0.4 is 9.47 Å². The van der Waals surface area contributed by atoms with E-state index < -0.39 is 0 Å². The first kappa shape index (κ1) is 14.7. The van der Waals surface area contributed by atoms with Crippen molar-refractivity contribution in [2.75, 3.05) is 4.90 Å². The van der Waals surface area contributed by atoms with Crippen molar-refractivity contribution in [2.24, 2.45) is 14.1 Å². The molecule has 2 aromatic heterocycles. The minimum Gasteiger partial charge on any atom is -0.348 e. The second-order valence-electron chi connectivity index (χ2n) is 6.21. The zero-order valence-electron chi connectivity index (χ0n) is 14.1. The maximum Gasteiger partial charge on any atom is 0.283 e. The fourth-order valence-corrected chi connectivity index (χ4v) is 3.23. The van der Waals surface area contributed by atoms with Crippen molar-refractivity contribution in [3.63, 3.8) is 0 Å². The normalized spacial score (nSPS) is 17.8. The van der Waals surface area contributed by atoms with Gasteiger partial charge in [-0.05, 0) is 45.0 Å². The summed E-state index contributed by atoms with van der Waals surface area (Å²) in [5.74, 6) is 1.20. The van der Waals surface area contributed by atoms with Crippen LogP contribution >= 0.6 is 0 Å². The lowest BCUT2D eigenvalue weighted by Gasteiger charge is -2.28. The predicted molar refractivity (Wildman–Crippen MR) is 90.1 cm³/mol. The van der Waals surface area contributed by atoms with Crippen molar-refractivity contribution in [1.29, 1.82) is 0 Å². The van der Waals surface area contributed by atoms with Gasteiger partial charge in [-0.15, -0.1) is 0 Å². The summed E-state index contributed by atoms with van der Waals surface area (Å²) in [5.41, 5.74) is 2.44. The Morgan fingerprint density at radius 3 is 2.45 bits per heavy atom. The van der Waals surface area contributed by atoms with Gasteiger partial charge in [0.15, 0.2) is 11.9 Å². The molecule has 3 heterocycles. The highest BCUT2D eigenvalue weighted by atomic mass is 15.4. The Bertz CT molecular complexity index is 699. The number of aryl methyl sites for hydroxylation is 1. The number of anilines is 1. The molecular formula is C18H25N4+. The highest BCUT2D eigenvalue weighted by Crippen LogP contribution is 2.25. The van der Waals surface area contributed by atoms with E-state index in [1.165, 1.54) is 17.2 Å². The molecule has 0 aromatic carbocycles. The molecule has 1 aliphatic rings. The van der Waals surface area contributed by atoms with E-state index in [-0.39, 0.29) is 0 Å². The zero-order chi connectivity index (χ0) is 15.9. The minimum absolute atomic E-state index is 0.329. The van der Waals surface area contributed by atoms with Crippen LogP contribution in [0.15, 0.2) is 48.9 Å². The number of pyridine rings is 1. The quantitative estimate of drug-likeness (QED) is 0.810. The third kappa shape index (κ3) is 2.28. The number of hydrogen-bond donors (Lipinski definition) is 0. The summed E-state index contributed by atoms with van der Waals surface area (Å²) in [5, 5.41) is 0. The molecule has 4 heteroatoms. The summed E-state index contributed by atoms with van der Waals surface area (Å²) in [6, 6.07) is 11.2. The van der Waals surface area contributed by atoms with Gasteiger partial charge in [-0.3, -0.25) is 0 Å². The standard InChI is InChI=1S/C18H25N4/c1-14(2)21-12-13-22(15(21)3)18-10-6-8-17(20(18)5)16-9-7-11-19(16)4/h6-15H,1-5H3/q+1/t15-/m1/s1. The van der Waals surface area contributed by atoms with Crippen molar-refractivity contribution < 1.29 is 4.57 Å². The average Bonchev–Trinajstić information content (AvgIpc) is 3.06. The monoisotopic (exact) mass is 297 g/mol. The van der Waals surface area contributed by atoms with Crippen LogP contribution in [0, 0.1) is 0 Å². The number of rotatable bonds is 3. The highest BCUT2D eigenvalue weighted by Gasteiger charge is 2.33. The first-order valence-corrected chi connectivity index (χ1v) is 7.85. The van der Waals surface area contributed by atoms with Gasteiger partial charge in [0.2, 0.25) is 0 Å². The first-order valence-electron chi connectivity index (χ1n) is 7.85. The highest BCUT2D eigenvalue weighted by molar-refractivity contribution is 5.54. The van der Waals surface area contributed by atoms with Crippen molar-refractivity contribution in [2.45, 2.75) is 33.0 Å². The van der Waals surface area contributed by atoms with E-state index in [1.54, 1.807) is 0 Å². The molecule has 116 valence electrons. The molecule has 0 bridgehead atoms. The molecule has 0 saturated heterocycles. The van der Waals surface area contributed by atoms with Crippen molar-refractivity contribution in [3.05, 3.63) is 48.9 Å². The summed E-state index contributed by atoms with van der Waals surface area (Å²) in [6.45, 7) is 6.70. The molecule has 0 aliphatic carbocycles. The second-order valence-corrected chi connectivity index (χ2v) is 6.21. The predicted octanol–water partition coefficient (Wildman–Crippen LogP) is 2.86.